The lowest BCUT2D eigenvalue weighted by Gasteiger charge is -2.23. The Bertz CT molecular complexity index is 1200. The monoisotopic (exact) mass is 426 g/mol. The quantitative estimate of drug-likeness (QED) is 0.600. The lowest BCUT2D eigenvalue weighted by molar-refractivity contribution is -0.117. The number of ketones is 2. The molecular formula is C26H22N2O4. The van der Waals surface area contributed by atoms with Crippen molar-refractivity contribution in [3.05, 3.63) is 107 Å². The number of benzene rings is 3. The first kappa shape index (κ1) is 21.1. The smallest absolute Gasteiger partial charge is 0.247 e. The maximum absolute atomic E-state index is 13.2. The molecule has 32 heavy (non-hydrogen) atoms. The second-order valence-electron chi connectivity index (χ2n) is 7.40. The van der Waals surface area contributed by atoms with Crippen LogP contribution in [0.15, 0.2) is 90.6 Å². The fourth-order valence-electron chi connectivity index (χ4n) is 3.60. The number of Topliss-reactive ketones (excluding diaryl/α,β-unsaturated/α-hetero) is 1. The van der Waals surface area contributed by atoms with Crippen molar-refractivity contribution in [2.75, 3.05) is 12.4 Å². The first-order valence-electron chi connectivity index (χ1n) is 10.2. The summed E-state index contributed by atoms with van der Waals surface area (Å²) in [6.45, 7) is 0. The number of carbonyl (C=O) groups excluding carboxylic acids is 3. The molecule has 0 unspecified atom stereocenters. The SMILES string of the molecule is COc1cccc(NC(=O)[C@@H](Cc2ccccc2)NC2=CC(=O)c3ccccc3C2=O)c1. The van der Waals surface area contributed by atoms with Gasteiger partial charge in [-0.3, -0.25) is 14.4 Å². The predicted molar refractivity (Wildman–Crippen MR) is 122 cm³/mol. The minimum atomic E-state index is -0.781. The molecule has 0 aliphatic heterocycles. The lowest BCUT2D eigenvalue weighted by atomic mass is 9.92. The van der Waals surface area contributed by atoms with Crippen LogP contribution in [0.1, 0.15) is 26.3 Å². The van der Waals surface area contributed by atoms with Crippen LogP contribution in [0.5, 0.6) is 5.75 Å². The number of amides is 1. The van der Waals surface area contributed by atoms with Gasteiger partial charge in [0.05, 0.1) is 12.8 Å². The van der Waals surface area contributed by atoms with Crippen LogP contribution in [0, 0.1) is 0 Å². The molecule has 0 fully saturated rings. The highest BCUT2D eigenvalue weighted by Gasteiger charge is 2.29. The Morgan fingerprint density at radius 2 is 1.62 bits per heavy atom. The van der Waals surface area contributed by atoms with Crippen LogP contribution in [-0.2, 0) is 11.2 Å². The molecule has 1 atom stereocenters. The van der Waals surface area contributed by atoms with E-state index < -0.39 is 6.04 Å². The number of allylic oxidation sites excluding steroid dienone is 2. The topological polar surface area (TPSA) is 84.5 Å². The number of anilines is 1. The minimum Gasteiger partial charge on any atom is -0.497 e. The van der Waals surface area contributed by atoms with E-state index in [4.69, 9.17) is 4.74 Å². The Morgan fingerprint density at radius 3 is 2.38 bits per heavy atom. The molecule has 1 aliphatic rings. The summed E-state index contributed by atoms with van der Waals surface area (Å²) in [6, 6.07) is 22.4. The molecule has 1 aliphatic carbocycles. The van der Waals surface area contributed by atoms with E-state index in [9.17, 15) is 14.4 Å². The Balaban J connectivity index is 1.60. The Morgan fingerprint density at radius 1 is 0.906 bits per heavy atom. The summed E-state index contributed by atoms with van der Waals surface area (Å²) in [7, 11) is 1.55. The number of hydrogen-bond acceptors (Lipinski definition) is 5. The van der Waals surface area contributed by atoms with E-state index in [1.165, 1.54) is 6.08 Å². The van der Waals surface area contributed by atoms with Crippen molar-refractivity contribution in [2.24, 2.45) is 0 Å². The van der Waals surface area contributed by atoms with Gasteiger partial charge in [0, 0.05) is 35.4 Å². The maximum Gasteiger partial charge on any atom is 0.247 e. The second kappa shape index (κ2) is 9.31. The van der Waals surface area contributed by atoms with Gasteiger partial charge in [0.1, 0.15) is 11.8 Å². The summed E-state index contributed by atoms with van der Waals surface area (Å²) < 4.78 is 5.22. The molecule has 3 aromatic carbocycles. The van der Waals surface area contributed by atoms with E-state index in [-0.39, 0.29) is 23.2 Å². The van der Waals surface area contributed by atoms with Gasteiger partial charge in [-0.2, -0.15) is 0 Å². The van der Waals surface area contributed by atoms with E-state index in [1.54, 1.807) is 55.6 Å². The molecule has 6 heteroatoms. The normalized spacial score (nSPS) is 13.6. The molecule has 6 nitrogen and oxygen atoms in total. The van der Waals surface area contributed by atoms with Crippen molar-refractivity contribution in [2.45, 2.75) is 12.5 Å². The summed E-state index contributed by atoms with van der Waals surface area (Å²) in [5.74, 6) is -0.299. The van der Waals surface area contributed by atoms with Crippen LogP contribution in [0.4, 0.5) is 5.69 Å². The van der Waals surface area contributed by atoms with Crippen molar-refractivity contribution in [1.29, 1.82) is 0 Å². The highest BCUT2D eigenvalue weighted by atomic mass is 16.5. The summed E-state index contributed by atoms with van der Waals surface area (Å²) >= 11 is 0. The number of nitrogens with one attached hydrogen (secondary N) is 2. The number of rotatable bonds is 7. The molecule has 0 spiro atoms. The molecule has 0 saturated heterocycles. The van der Waals surface area contributed by atoms with Crippen LogP contribution in [0.3, 0.4) is 0 Å². The van der Waals surface area contributed by atoms with E-state index >= 15 is 0 Å². The third-order valence-electron chi connectivity index (χ3n) is 5.22. The molecule has 160 valence electrons. The number of carbonyl (C=O) groups is 3. The van der Waals surface area contributed by atoms with Gasteiger partial charge in [-0.15, -0.1) is 0 Å². The Kier molecular flexibility index (Phi) is 6.12. The number of fused-ring (bicyclic) bond motifs is 1. The average Bonchev–Trinajstić information content (AvgIpc) is 2.82. The van der Waals surface area contributed by atoms with E-state index in [2.05, 4.69) is 10.6 Å². The first-order chi connectivity index (χ1) is 15.5. The summed E-state index contributed by atoms with van der Waals surface area (Å²) in [5.41, 5.74) is 2.29. The van der Waals surface area contributed by atoms with E-state index in [0.29, 0.717) is 29.0 Å². The van der Waals surface area contributed by atoms with Crippen LogP contribution in [0.2, 0.25) is 0 Å². The molecule has 0 aromatic heterocycles. The van der Waals surface area contributed by atoms with Crippen LogP contribution >= 0.6 is 0 Å². The van der Waals surface area contributed by atoms with Crippen LogP contribution < -0.4 is 15.4 Å². The van der Waals surface area contributed by atoms with Gasteiger partial charge in [0.25, 0.3) is 0 Å². The fourth-order valence-corrected chi connectivity index (χ4v) is 3.60. The van der Waals surface area contributed by atoms with Gasteiger partial charge in [-0.25, -0.2) is 0 Å². The molecule has 4 rings (SSSR count). The zero-order chi connectivity index (χ0) is 22.5. The zero-order valence-electron chi connectivity index (χ0n) is 17.5. The van der Waals surface area contributed by atoms with Gasteiger partial charge in [0.2, 0.25) is 11.7 Å². The molecular weight excluding hydrogens is 404 g/mol. The summed E-state index contributed by atoms with van der Waals surface area (Å²) in [5, 5.41) is 5.89. The van der Waals surface area contributed by atoms with Gasteiger partial charge in [-0.1, -0.05) is 60.7 Å². The van der Waals surface area contributed by atoms with Crippen molar-refractivity contribution in [1.82, 2.24) is 5.32 Å². The molecule has 0 heterocycles. The standard InChI is InChI=1S/C26H22N2O4/c1-32-19-11-7-10-18(15-19)27-26(31)23(14-17-8-3-2-4-9-17)28-22-16-24(29)20-12-5-6-13-21(20)25(22)30/h2-13,15-16,23,28H,14H2,1H3,(H,27,31)/t23-/m1/s1. The van der Waals surface area contributed by atoms with E-state index in [0.717, 1.165) is 5.56 Å². The second-order valence-corrected chi connectivity index (χ2v) is 7.40. The average molecular weight is 426 g/mol. The number of methoxy groups -OCH3 is 1. The molecule has 0 saturated carbocycles. The molecule has 0 bridgehead atoms. The van der Waals surface area contributed by atoms with E-state index in [1.807, 2.05) is 30.3 Å². The maximum atomic E-state index is 13.2. The van der Waals surface area contributed by atoms with Crippen molar-refractivity contribution < 1.29 is 19.1 Å². The first-order valence-corrected chi connectivity index (χ1v) is 10.2. The summed E-state index contributed by atoms with van der Waals surface area (Å²) in [6.07, 6.45) is 1.60. The lowest BCUT2D eigenvalue weighted by Crippen LogP contribution is -2.44. The largest absolute Gasteiger partial charge is 0.497 e. The number of hydrogen-bond donors (Lipinski definition) is 2. The third kappa shape index (κ3) is 4.59. The van der Waals surface area contributed by atoms with Crippen LogP contribution in [0.25, 0.3) is 0 Å². The number of ether oxygens (including phenoxy) is 1. The predicted octanol–water partition coefficient (Wildman–Crippen LogP) is 3.80. The third-order valence-corrected chi connectivity index (χ3v) is 5.22. The highest BCUT2D eigenvalue weighted by Crippen LogP contribution is 2.21. The zero-order valence-corrected chi connectivity index (χ0v) is 17.5. The van der Waals surface area contributed by atoms with Gasteiger partial charge in [-0.05, 0) is 17.7 Å². The minimum absolute atomic E-state index is 0.107. The molecule has 2 N–H and O–H groups in total. The van der Waals surface area contributed by atoms with Crippen LogP contribution in [-0.4, -0.2) is 30.6 Å². The Hall–Kier alpha value is -4.19. The molecule has 1 amide bonds. The van der Waals surface area contributed by atoms with Crippen molar-refractivity contribution >= 4 is 23.2 Å². The van der Waals surface area contributed by atoms with Crippen molar-refractivity contribution in [3.8, 4) is 5.75 Å². The highest BCUT2D eigenvalue weighted by molar-refractivity contribution is 6.24. The Labute approximate surface area is 185 Å². The van der Waals surface area contributed by atoms with Gasteiger partial charge in [0.15, 0.2) is 5.78 Å². The fraction of sp³-hybridized carbons (Fsp3) is 0.115. The molecule has 3 aromatic rings. The summed E-state index contributed by atoms with van der Waals surface area (Å²) in [4.78, 5) is 38.7. The van der Waals surface area contributed by atoms with Gasteiger partial charge < -0.3 is 15.4 Å². The van der Waals surface area contributed by atoms with Gasteiger partial charge >= 0.3 is 0 Å². The van der Waals surface area contributed by atoms with Crippen molar-refractivity contribution in [3.63, 3.8) is 0 Å². The molecule has 0 radical (unpaired) electrons.